The average Bonchev–Trinajstić information content (AvgIpc) is 3.52. The molecule has 33 heavy (non-hydrogen) atoms. The van der Waals surface area contributed by atoms with Gasteiger partial charge < -0.3 is 9.47 Å². The maximum absolute atomic E-state index is 15.6. The van der Waals surface area contributed by atoms with Crippen LogP contribution in [0, 0.1) is 12.7 Å². The van der Waals surface area contributed by atoms with Crippen LogP contribution in [0.1, 0.15) is 58.3 Å². The van der Waals surface area contributed by atoms with Gasteiger partial charge in [-0.1, -0.05) is 61.4 Å². The molecule has 3 aromatic rings. The van der Waals surface area contributed by atoms with E-state index in [1.807, 2.05) is 36.4 Å². The molecule has 0 amide bonds. The number of para-hydroxylation sites is 1. The van der Waals surface area contributed by atoms with Gasteiger partial charge in [-0.2, -0.15) is 0 Å². The lowest BCUT2D eigenvalue weighted by Crippen LogP contribution is -2.27. The van der Waals surface area contributed by atoms with Gasteiger partial charge in [0.25, 0.3) is 0 Å². The Morgan fingerprint density at radius 2 is 1.61 bits per heavy atom. The number of carbonyl (C=O) groups is 1. The Labute approximate surface area is 193 Å². The lowest BCUT2D eigenvalue weighted by molar-refractivity contribution is 0.0728. The van der Waals surface area contributed by atoms with Gasteiger partial charge in [-0.05, 0) is 37.5 Å². The van der Waals surface area contributed by atoms with Gasteiger partial charge in [-0.25, -0.2) is 9.18 Å². The number of ether oxygens (including phenoxy) is 2. The highest BCUT2D eigenvalue weighted by molar-refractivity contribution is 5.96. The summed E-state index contributed by atoms with van der Waals surface area (Å²) in [4.78, 5) is 15.6. The maximum Gasteiger partial charge on any atom is 0.347 e. The number of hydrogen-bond acceptors (Lipinski definition) is 4. The van der Waals surface area contributed by atoms with E-state index in [9.17, 15) is 4.79 Å². The molecule has 2 aliphatic rings. The van der Waals surface area contributed by atoms with Crippen molar-refractivity contribution in [3.63, 3.8) is 0 Å². The molecule has 4 nitrogen and oxygen atoms in total. The normalized spacial score (nSPS) is 16.1. The third-order valence-corrected chi connectivity index (χ3v) is 6.78. The summed E-state index contributed by atoms with van der Waals surface area (Å²) in [5.74, 6) is -0.0427. The van der Waals surface area contributed by atoms with E-state index < -0.39 is 5.97 Å². The minimum atomic E-state index is -0.595. The molecule has 1 aliphatic carbocycles. The van der Waals surface area contributed by atoms with Crippen molar-refractivity contribution in [3.05, 3.63) is 94.3 Å². The highest BCUT2D eigenvalue weighted by atomic mass is 19.1. The van der Waals surface area contributed by atoms with Crippen molar-refractivity contribution in [1.82, 2.24) is 4.90 Å². The quantitative estimate of drug-likeness (QED) is 0.335. The Bertz CT molecular complexity index is 1140. The molecule has 0 atom stereocenters. The average molecular weight is 446 g/mol. The van der Waals surface area contributed by atoms with Crippen LogP contribution in [0.2, 0.25) is 0 Å². The van der Waals surface area contributed by atoms with Crippen molar-refractivity contribution in [3.8, 4) is 11.5 Å². The molecular weight excluding hydrogens is 417 g/mol. The number of hydrogen-bond donors (Lipinski definition) is 0. The van der Waals surface area contributed by atoms with E-state index in [0.29, 0.717) is 42.8 Å². The number of nitrogens with zero attached hydrogens (tertiary/aromatic N) is 1. The van der Waals surface area contributed by atoms with Crippen LogP contribution in [0.25, 0.3) is 0 Å². The van der Waals surface area contributed by atoms with Crippen LogP contribution < -0.4 is 9.47 Å². The molecule has 1 fully saturated rings. The second kappa shape index (κ2) is 9.36. The SMILES string of the molecule is Cc1c(F)c2c(c(OCc3ccccc3)c1C(=O)Oc1ccccc1)CN(C1CCCC1)C2. The molecule has 0 unspecified atom stereocenters. The van der Waals surface area contributed by atoms with Gasteiger partial charge in [0.1, 0.15) is 29.5 Å². The molecule has 1 heterocycles. The molecule has 0 radical (unpaired) electrons. The third-order valence-electron chi connectivity index (χ3n) is 6.78. The largest absolute Gasteiger partial charge is 0.488 e. The van der Waals surface area contributed by atoms with Crippen molar-refractivity contribution in [2.45, 2.75) is 58.3 Å². The third kappa shape index (κ3) is 4.38. The number of halogens is 1. The maximum atomic E-state index is 15.6. The zero-order valence-corrected chi connectivity index (χ0v) is 18.9. The van der Waals surface area contributed by atoms with Crippen LogP contribution in [0.15, 0.2) is 60.7 Å². The van der Waals surface area contributed by atoms with Gasteiger partial charge in [-0.3, -0.25) is 4.90 Å². The molecule has 5 rings (SSSR count). The van der Waals surface area contributed by atoms with Crippen LogP contribution in [0.3, 0.4) is 0 Å². The van der Waals surface area contributed by atoms with Crippen molar-refractivity contribution < 1.29 is 18.7 Å². The molecule has 5 heteroatoms. The molecule has 1 aliphatic heterocycles. The van der Waals surface area contributed by atoms with Crippen molar-refractivity contribution >= 4 is 5.97 Å². The summed E-state index contributed by atoms with van der Waals surface area (Å²) in [5.41, 5.74) is 2.88. The standard InChI is InChI=1S/C28H28FNO3/c1-19-25(28(31)33-22-14-6-3-7-15-22)27(32-18-20-10-4-2-5-11-20)24-17-30(16-23(24)26(19)29)21-12-8-9-13-21/h2-7,10-11,14-15,21H,8-9,12-13,16-18H2,1H3. The highest BCUT2D eigenvalue weighted by Gasteiger charge is 2.36. The fourth-order valence-electron chi connectivity index (χ4n) is 5.03. The summed E-state index contributed by atoms with van der Waals surface area (Å²) in [6.45, 7) is 3.09. The van der Waals surface area contributed by atoms with Crippen molar-refractivity contribution in [1.29, 1.82) is 0 Å². The fourth-order valence-corrected chi connectivity index (χ4v) is 5.03. The number of rotatable bonds is 6. The smallest absolute Gasteiger partial charge is 0.347 e. The highest BCUT2D eigenvalue weighted by Crippen LogP contribution is 2.41. The first-order valence-corrected chi connectivity index (χ1v) is 11.6. The van der Waals surface area contributed by atoms with E-state index in [0.717, 1.165) is 24.0 Å². The van der Waals surface area contributed by atoms with E-state index in [4.69, 9.17) is 9.47 Å². The van der Waals surface area contributed by atoms with E-state index in [1.165, 1.54) is 12.8 Å². The summed E-state index contributed by atoms with van der Waals surface area (Å²) in [6.07, 6.45) is 4.70. The molecule has 0 aromatic heterocycles. The Morgan fingerprint density at radius 1 is 0.970 bits per heavy atom. The molecular formula is C28H28FNO3. The lowest BCUT2D eigenvalue weighted by atomic mass is 9.98. The molecule has 0 spiro atoms. The Morgan fingerprint density at radius 3 is 2.30 bits per heavy atom. The van der Waals surface area contributed by atoms with Gasteiger partial charge in [0.2, 0.25) is 0 Å². The van der Waals surface area contributed by atoms with E-state index >= 15 is 4.39 Å². The number of benzene rings is 3. The molecule has 0 saturated heterocycles. The van der Waals surface area contributed by atoms with Crippen LogP contribution in [0.4, 0.5) is 4.39 Å². The van der Waals surface area contributed by atoms with E-state index in [1.54, 1.807) is 31.2 Å². The van der Waals surface area contributed by atoms with Gasteiger partial charge in [-0.15, -0.1) is 0 Å². The van der Waals surface area contributed by atoms with E-state index in [-0.39, 0.29) is 16.9 Å². The summed E-state index contributed by atoms with van der Waals surface area (Å²) < 4.78 is 27.5. The summed E-state index contributed by atoms with van der Waals surface area (Å²) >= 11 is 0. The first kappa shape index (κ1) is 21.7. The van der Waals surface area contributed by atoms with Crippen LogP contribution in [-0.2, 0) is 19.7 Å². The summed E-state index contributed by atoms with van der Waals surface area (Å²) in [7, 11) is 0. The van der Waals surface area contributed by atoms with Crippen LogP contribution >= 0.6 is 0 Å². The van der Waals surface area contributed by atoms with Crippen molar-refractivity contribution in [2.24, 2.45) is 0 Å². The summed E-state index contributed by atoms with van der Waals surface area (Å²) in [5, 5.41) is 0. The lowest BCUT2D eigenvalue weighted by Gasteiger charge is -2.22. The van der Waals surface area contributed by atoms with Crippen molar-refractivity contribution in [2.75, 3.05) is 0 Å². The minimum Gasteiger partial charge on any atom is -0.488 e. The monoisotopic (exact) mass is 445 g/mol. The zero-order valence-electron chi connectivity index (χ0n) is 18.9. The van der Waals surface area contributed by atoms with Crippen LogP contribution in [-0.4, -0.2) is 16.9 Å². The number of fused-ring (bicyclic) bond motifs is 1. The molecule has 1 saturated carbocycles. The topological polar surface area (TPSA) is 38.8 Å². The first-order chi connectivity index (χ1) is 16.1. The molecule has 0 N–H and O–H groups in total. The van der Waals surface area contributed by atoms with Gasteiger partial charge in [0.15, 0.2) is 0 Å². The predicted molar refractivity (Wildman–Crippen MR) is 125 cm³/mol. The molecule has 0 bridgehead atoms. The Hall–Kier alpha value is -3.18. The molecule has 3 aromatic carbocycles. The Kier molecular flexibility index (Phi) is 6.14. The van der Waals surface area contributed by atoms with E-state index in [2.05, 4.69) is 4.90 Å². The zero-order chi connectivity index (χ0) is 22.8. The number of esters is 1. The second-order valence-corrected chi connectivity index (χ2v) is 8.92. The van der Waals surface area contributed by atoms with Gasteiger partial charge in [0.05, 0.1) is 0 Å². The second-order valence-electron chi connectivity index (χ2n) is 8.92. The van der Waals surface area contributed by atoms with Gasteiger partial charge in [0, 0.05) is 35.8 Å². The predicted octanol–water partition coefficient (Wildman–Crippen LogP) is 6.19. The first-order valence-electron chi connectivity index (χ1n) is 11.6. The fraction of sp³-hybridized carbons (Fsp3) is 0.321. The number of carbonyl (C=O) groups excluding carboxylic acids is 1. The summed E-state index contributed by atoms with van der Waals surface area (Å²) in [6, 6.07) is 19.1. The minimum absolute atomic E-state index is 0.180. The molecule has 170 valence electrons. The van der Waals surface area contributed by atoms with Gasteiger partial charge >= 0.3 is 5.97 Å². The Balaban J connectivity index is 1.53. The van der Waals surface area contributed by atoms with Crippen LogP contribution in [0.5, 0.6) is 11.5 Å².